The maximum atomic E-state index is 8.91. The molecule has 0 unspecified atom stereocenters. The summed E-state index contributed by atoms with van der Waals surface area (Å²) >= 11 is 5.01. The van der Waals surface area contributed by atoms with Gasteiger partial charge < -0.3 is 4.74 Å². The van der Waals surface area contributed by atoms with E-state index in [9.17, 15) is 0 Å². The molecule has 0 radical (unpaired) electrons. The third-order valence-corrected chi connectivity index (χ3v) is 3.72. The average molecular weight is 268 g/mol. The van der Waals surface area contributed by atoms with Crippen LogP contribution >= 0.6 is 27.3 Å². The third kappa shape index (κ3) is 1.29. The first-order valence-electron chi connectivity index (χ1n) is 3.91. The number of methoxy groups -OCH3 is 1. The van der Waals surface area contributed by atoms with E-state index in [1.165, 1.54) is 0 Å². The lowest BCUT2D eigenvalue weighted by Gasteiger charge is -2.03. The largest absolute Gasteiger partial charge is 0.496 e. The van der Waals surface area contributed by atoms with Gasteiger partial charge in [0.15, 0.2) is 0 Å². The standard InChI is InChI=1S/C10H6BrNOS/c1-13-7-2-3-8-9(10(7)11)6(4-12)5-14-8/h2-3,5H,1H3. The lowest BCUT2D eigenvalue weighted by Crippen LogP contribution is -1.84. The molecule has 2 rings (SSSR count). The zero-order chi connectivity index (χ0) is 10.1. The van der Waals surface area contributed by atoms with Gasteiger partial charge in [-0.15, -0.1) is 11.3 Å². The normalized spacial score (nSPS) is 10.1. The molecule has 0 atom stereocenters. The van der Waals surface area contributed by atoms with Crippen molar-refractivity contribution in [1.29, 1.82) is 5.26 Å². The van der Waals surface area contributed by atoms with Crippen LogP contribution in [0.1, 0.15) is 5.56 Å². The Labute approximate surface area is 93.9 Å². The Kier molecular flexibility index (Phi) is 2.44. The molecule has 0 aliphatic rings. The highest BCUT2D eigenvalue weighted by molar-refractivity contribution is 9.10. The van der Waals surface area contributed by atoms with E-state index in [-0.39, 0.29) is 0 Å². The molecule has 4 heteroatoms. The number of hydrogen-bond acceptors (Lipinski definition) is 3. The van der Waals surface area contributed by atoms with Gasteiger partial charge in [0.2, 0.25) is 0 Å². The van der Waals surface area contributed by atoms with Crippen molar-refractivity contribution in [2.24, 2.45) is 0 Å². The number of nitriles is 1. The fraction of sp³-hybridized carbons (Fsp3) is 0.100. The third-order valence-electron chi connectivity index (χ3n) is 1.98. The molecule has 0 fully saturated rings. The Morgan fingerprint density at radius 3 is 2.93 bits per heavy atom. The zero-order valence-electron chi connectivity index (χ0n) is 7.37. The molecule has 0 aliphatic carbocycles. The summed E-state index contributed by atoms with van der Waals surface area (Å²) in [5.41, 5.74) is 0.691. The van der Waals surface area contributed by atoms with Crippen LogP contribution in [0.5, 0.6) is 5.75 Å². The van der Waals surface area contributed by atoms with Crippen LogP contribution in [0.25, 0.3) is 10.1 Å². The van der Waals surface area contributed by atoms with Crippen LogP contribution in [-0.2, 0) is 0 Å². The second kappa shape index (κ2) is 3.60. The molecule has 1 aromatic heterocycles. The van der Waals surface area contributed by atoms with E-state index in [4.69, 9.17) is 10.00 Å². The Hall–Kier alpha value is -1.05. The number of rotatable bonds is 1. The smallest absolute Gasteiger partial charge is 0.133 e. The molecular formula is C10H6BrNOS. The molecule has 14 heavy (non-hydrogen) atoms. The van der Waals surface area contributed by atoms with E-state index in [1.807, 2.05) is 17.5 Å². The minimum Gasteiger partial charge on any atom is -0.496 e. The molecule has 2 nitrogen and oxygen atoms in total. The maximum Gasteiger partial charge on any atom is 0.133 e. The first-order valence-corrected chi connectivity index (χ1v) is 5.59. The van der Waals surface area contributed by atoms with Gasteiger partial charge in [-0.2, -0.15) is 5.26 Å². The molecule has 1 aromatic carbocycles. The van der Waals surface area contributed by atoms with Gasteiger partial charge >= 0.3 is 0 Å². The highest BCUT2D eigenvalue weighted by atomic mass is 79.9. The first-order chi connectivity index (χ1) is 6.77. The molecule has 0 amide bonds. The highest BCUT2D eigenvalue weighted by Crippen LogP contribution is 2.37. The first kappa shape index (κ1) is 9.50. The number of thiophene rings is 1. The molecule has 0 spiro atoms. The van der Waals surface area contributed by atoms with E-state index in [1.54, 1.807) is 18.4 Å². The van der Waals surface area contributed by atoms with Crippen LogP contribution in [0.2, 0.25) is 0 Å². The molecule has 0 bridgehead atoms. The Bertz CT molecular complexity index is 527. The van der Waals surface area contributed by atoms with Crippen LogP contribution in [0.3, 0.4) is 0 Å². The summed E-state index contributed by atoms with van der Waals surface area (Å²) in [6, 6.07) is 6.02. The monoisotopic (exact) mass is 267 g/mol. The van der Waals surface area contributed by atoms with Crippen LogP contribution in [0, 0.1) is 11.3 Å². The van der Waals surface area contributed by atoms with Crippen LogP contribution in [0.15, 0.2) is 22.0 Å². The summed E-state index contributed by atoms with van der Waals surface area (Å²) < 4.78 is 7.12. The molecule has 0 aliphatic heterocycles. The van der Waals surface area contributed by atoms with Gasteiger partial charge in [0.05, 0.1) is 17.1 Å². The zero-order valence-corrected chi connectivity index (χ0v) is 9.78. The lowest BCUT2D eigenvalue weighted by atomic mass is 10.2. The summed E-state index contributed by atoms with van der Waals surface area (Å²) in [7, 11) is 1.62. The SMILES string of the molecule is COc1ccc2scc(C#N)c2c1Br. The van der Waals surface area contributed by atoms with Gasteiger partial charge in [-0.05, 0) is 28.1 Å². The topological polar surface area (TPSA) is 33.0 Å². The van der Waals surface area contributed by atoms with Crippen molar-refractivity contribution in [3.05, 3.63) is 27.5 Å². The second-order valence-corrected chi connectivity index (χ2v) is 4.42. The van der Waals surface area contributed by atoms with Crippen molar-refractivity contribution in [3.8, 4) is 11.8 Å². The predicted octanol–water partition coefficient (Wildman–Crippen LogP) is 3.54. The quantitative estimate of drug-likeness (QED) is 0.792. The molecule has 0 saturated carbocycles. The number of ether oxygens (including phenoxy) is 1. The van der Waals surface area contributed by atoms with Gasteiger partial charge in [-0.1, -0.05) is 0 Å². The van der Waals surface area contributed by atoms with E-state index in [0.29, 0.717) is 5.56 Å². The number of nitrogens with zero attached hydrogens (tertiary/aromatic N) is 1. The highest BCUT2D eigenvalue weighted by Gasteiger charge is 2.10. The fourth-order valence-electron chi connectivity index (χ4n) is 1.31. The van der Waals surface area contributed by atoms with Crippen LogP contribution in [0.4, 0.5) is 0 Å². The van der Waals surface area contributed by atoms with Crippen LogP contribution < -0.4 is 4.74 Å². The molecule has 0 N–H and O–H groups in total. The van der Waals surface area contributed by atoms with E-state index < -0.39 is 0 Å². The van der Waals surface area contributed by atoms with Gasteiger partial charge in [0.1, 0.15) is 11.8 Å². The summed E-state index contributed by atoms with van der Waals surface area (Å²) in [5, 5.41) is 11.7. The van der Waals surface area contributed by atoms with Gasteiger partial charge in [-0.3, -0.25) is 0 Å². The second-order valence-electron chi connectivity index (χ2n) is 2.72. The summed E-state index contributed by atoms with van der Waals surface area (Å²) in [5.74, 6) is 0.757. The lowest BCUT2D eigenvalue weighted by molar-refractivity contribution is 0.413. The Morgan fingerprint density at radius 2 is 2.29 bits per heavy atom. The molecule has 0 saturated heterocycles. The number of benzene rings is 1. The molecule has 1 heterocycles. The van der Waals surface area contributed by atoms with Crippen molar-refractivity contribution in [2.75, 3.05) is 7.11 Å². The van der Waals surface area contributed by atoms with Gasteiger partial charge in [0, 0.05) is 15.5 Å². The van der Waals surface area contributed by atoms with Crippen molar-refractivity contribution < 1.29 is 4.74 Å². The molecular weight excluding hydrogens is 262 g/mol. The van der Waals surface area contributed by atoms with Crippen molar-refractivity contribution in [3.63, 3.8) is 0 Å². The van der Waals surface area contributed by atoms with E-state index in [0.717, 1.165) is 20.3 Å². The fourth-order valence-corrected chi connectivity index (χ4v) is 3.05. The van der Waals surface area contributed by atoms with Crippen LogP contribution in [-0.4, -0.2) is 7.11 Å². The number of fused-ring (bicyclic) bond motifs is 1. The predicted molar refractivity (Wildman–Crippen MR) is 60.8 cm³/mol. The van der Waals surface area contributed by atoms with Crippen molar-refractivity contribution >= 4 is 37.4 Å². The summed E-state index contributed by atoms with van der Waals surface area (Å²) in [6.07, 6.45) is 0. The average Bonchev–Trinajstić information content (AvgIpc) is 2.62. The number of halogens is 1. The molecule has 2 aromatic rings. The summed E-state index contributed by atoms with van der Waals surface area (Å²) in [4.78, 5) is 0. The molecule has 70 valence electrons. The number of hydrogen-bond donors (Lipinski definition) is 0. The Balaban J connectivity index is 2.85. The minimum absolute atomic E-state index is 0.691. The summed E-state index contributed by atoms with van der Waals surface area (Å²) in [6.45, 7) is 0. The van der Waals surface area contributed by atoms with Crippen molar-refractivity contribution in [2.45, 2.75) is 0 Å². The van der Waals surface area contributed by atoms with Gasteiger partial charge in [0.25, 0.3) is 0 Å². The Morgan fingerprint density at radius 1 is 1.50 bits per heavy atom. The van der Waals surface area contributed by atoms with E-state index in [2.05, 4.69) is 22.0 Å². The van der Waals surface area contributed by atoms with Gasteiger partial charge in [-0.25, -0.2) is 0 Å². The minimum atomic E-state index is 0.691. The maximum absolute atomic E-state index is 8.91. The van der Waals surface area contributed by atoms with Crippen molar-refractivity contribution in [1.82, 2.24) is 0 Å². The van der Waals surface area contributed by atoms with E-state index >= 15 is 0 Å².